The molecule has 0 aliphatic heterocycles. The molecule has 6 aromatic carbocycles. The molecule has 0 N–H and O–H groups in total. The fraction of sp³-hybridized carbons (Fsp3) is 0. The summed E-state index contributed by atoms with van der Waals surface area (Å²) >= 11 is 6.63. The number of nitrogens with zero attached hydrogens (tertiary/aromatic N) is 1. The molecule has 0 saturated carbocycles. The third-order valence-electron chi connectivity index (χ3n) is 6.51. The molecular formula is C34H24ClN. The van der Waals surface area contributed by atoms with Gasteiger partial charge < -0.3 is 4.90 Å². The summed E-state index contributed by atoms with van der Waals surface area (Å²) in [7, 11) is 0. The average molecular weight is 482 g/mol. The first-order chi connectivity index (χ1) is 17.8. The molecule has 0 unspecified atom stereocenters. The first-order valence-electron chi connectivity index (χ1n) is 12.1. The molecule has 0 radical (unpaired) electrons. The zero-order valence-electron chi connectivity index (χ0n) is 19.7. The maximum absolute atomic E-state index is 6.63. The molecule has 0 aromatic heterocycles. The Kier molecular flexibility index (Phi) is 5.99. The second-order valence-corrected chi connectivity index (χ2v) is 9.24. The van der Waals surface area contributed by atoms with Crippen molar-refractivity contribution in [2.24, 2.45) is 0 Å². The fourth-order valence-corrected chi connectivity index (χ4v) is 4.95. The van der Waals surface area contributed by atoms with Crippen molar-refractivity contribution in [1.29, 1.82) is 0 Å². The van der Waals surface area contributed by atoms with Crippen LogP contribution in [0.5, 0.6) is 0 Å². The number of hydrogen-bond donors (Lipinski definition) is 0. The summed E-state index contributed by atoms with van der Waals surface area (Å²) in [5.74, 6) is 0. The van der Waals surface area contributed by atoms with Gasteiger partial charge in [0.2, 0.25) is 0 Å². The first kappa shape index (κ1) is 22.2. The lowest BCUT2D eigenvalue weighted by Crippen LogP contribution is -2.10. The number of fused-ring (bicyclic) bond motifs is 1. The van der Waals surface area contributed by atoms with E-state index >= 15 is 0 Å². The van der Waals surface area contributed by atoms with Gasteiger partial charge in [-0.2, -0.15) is 0 Å². The maximum atomic E-state index is 6.63. The smallest absolute Gasteiger partial charge is 0.0554 e. The van der Waals surface area contributed by atoms with Gasteiger partial charge in [0.1, 0.15) is 0 Å². The molecule has 0 aliphatic rings. The third kappa shape index (κ3) is 4.37. The van der Waals surface area contributed by atoms with Crippen LogP contribution in [0.1, 0.15) is 0 Å². The van der Waals surface area contributed by atoms with Gasteiger partial charge in [0.05, 0.1) is 5.69 Å². The highest BCUT2D eigenvalue weighted by Crippen LogP contribution is 2.41. The Morgan fingerprint density at radius 2 is 0.861 bits per heavy atom. The molecule has 6 aromatic rings. The summed E-state index contributed by atoms with van der Waals surface area (Å²) in [6.07, 6.45) is 0. The van der Waals surface area contributed by atoms with E-state index in [2.05, 4.69) is 132 Å². The van der Waals surface area contributed by atoms with E-state index in [0.717, 1.165) is 32.9 Å². The Balaban J connectivity index is 1.49. The van der Waals surface area contributed by atoms with Crippen molar-refractivity contribution < 1.29 is 0 Å². The van der Waals surface area contributed by atoms with Crippen LogP contribution in [0.2, 0.25) is 5.02 Å². The SMILES string of the molecule is Clc1cc(N(c2ccc(-c3ccccc3)cc2)c2ccc(-c3ccccc3)cc2)c2ccccc2c1. The Hall–Kier alpha value is -4.33. The van der Waals surface area contributed by atoms with Crippen molar-refractivity contribution in [2.45, 2.75) is 0 Å². The van der Waals surface area contributed by atoms with Crippen LogP contribution < -0.4 is 4.90 Å². The van der Waals surface area contributed by atoms with E-state index in [0.29, 0.717) is 0 Å². The summed E-state index contributed by atoms with van der Waals surface area (Å²) < 4.78 is 0. The second-order valence-electron chi connectivity index (χ2n) is 8.81. The molecule has 6 rings (SSSR count). The highest BCUT2D eigenvalue weighted by molar-refractivity contribution is 6.32. The van der Waals surface area contributed by atoms with Crippen LogP contribution in [-0.4, -0.2) is 0 Å². The van der Waals surface area contributed by atoms with E-state index in [-0.39, 0.29) is 0 Å². The summed E-state index contributed by atoms with van der Waals surface area (Å²) in [5.41, 5.74) is 8.00. The minimum absolute atomic E-state index is 0.718. The Bertz CT molecular complexity index is 1520. The van der Waals surface area contributed by atoms with Gasteiger partial charge >= 0.3 is 0 Å². The molecule has 0 fully saturated rings. The van der Waals surface area contributed by atoms with E-state index in [1.54, 1.807) is 0 Å². The van der Waals surface area contributed by atoms with Gasteiger partial charge in [-0.25, -0.2) is 0 Å². The normalized spacial score (nSPS) is 10.9. The van der Waals surface area contributed by atoms with Gasteiger partial charge in [-0.3, -0.25) is 0 Å². The van der Waals surface area contributed by atoms with E-state index in [9.17, 15) is 0 Å². The largest absolute Gasteiger partial charge is 0.310 e. The van der Waals surface area contributed by atoms with Gasteiger partial charge in [0, 0.05) is 21.8 Å². The zero-order chi connectivity index (χ0) is 24.3. The molecule has 0 saturated heterocycles. The summed E-state index contributed by atoms with van der Waals surface area (Å²) in [5, 5.41) is 2.99. The second kappa shape index (κ2) is 9.73. The van der Waals surface area contributed by atoms with E-state index < -0.39 is 0 Å². The third-order valence-corrected chi connectivity index (χ3v) is 6.73. The molecule has 172 valence electrons. The van der Waals surface area contributed by atoms with Crippen molar-refractivity contribution in [3.8, 4) is 22.3 Å². The lowest BCUT2D eigenvalue weighted by atomic mass is 10.0. The van der Waals surface area contributed by atoms with E-state index in [4.69, 9.17) is 11.6 Å². The highest BCUT2D eigenvalue weighted by atomic mass is 35.5. The number of anilines is 3. The molecule has 0 heterocycles. The first-order valence-corrected chi connectivity index (χ1v) is 12.4. The molecule has 0 spiro atoms. The predicted molar refractivity (Wildman–Crippen MR) is 155 cm³/mol. The zero-order valence-corrected chi connectivity index (χ0v) is 20.4. The van der Waals surface area contributed by atoms with Crippen LogP contribution in [0.4, 0.5) is 17.1 Å². The molecule has 1 nitrogen and oxygen atoms in total. The molecular weight excluding hydrogens is 458 g/mol. The Labute approximate surface area is 216 Å². The molecule has 2 heteroatoms. The quantitative estimate of drug-likeness (QED) is 0.236. The van der Waals surface area contributed by atoms with Crippen LogP contribution in [0, 0.1) is 0 Å². The highest BCUT2D eigenvalue weighted by Gasteiger charge is 2.16. The summed E-state index contributed by atoms with van der Waals surface area (Å²) in [6, 6.07) is 50.9. The van der Waals surface area contributed by atoms with E-state index in [1.165, 1.54) is 22.3 Å². The number of rotatable bonds is 5. The number of hydrogen-bond acceptors (Lipinski definition) is 1. The van der Waals surface area contributed by atoms with Crippen LogP contribution in [0.15, 0.2) is 146 Å². The van der Waals surface area contributed by atoms with Gasteiger partial charge in [0.15, 0.2) is 0 Å². The monoisotopic (exact) mass is 481 g/mol. The van der Waals surface area contributed by atoms with Crippen molar-refractivity contribution in [3.63, 3.8) is 0 Å². The van der Waals surface area contributed by atoms with E-state index in [1.807, 2.05) is 18.2 Å². The summed E-state index contributed by atoms with van der Waals surface area (Å²) in [4.78, 5) is 2.29. The Morgan fingerprint density at radius 3 is 1.39 bits per heavy atom. The number of halogens is 1. The van der Waals surface area contributed by atoms with Gasteiger partial charge in [-0.05, 0) is 64.0 Å². The fourth-order valence-electron chi connectivity index (χ4n) is 4.73. The van der Waals surface area contributed by atoms with Crippen LogP contribution in [0.3, 0.4) is 0 Å². The standard InChI is InChI=1S/C34H24ClN/c35-30-23-29-13-7-8-14-33(29)34(24-30)36(31-19-15-27(16-20-31)25-9-3-1-4-10-25)32-21-17-28(18-22-32)26-11-5-2-6-12-26/h1-24H. The molecule has 36 heavy (non-hydrogen) atoms. The topological polar surface area (TPSA) is 3.24 Å². The van der Waals surface area contributed by atoms with Crippen LogP contribution in [0.25, 0.3) is 33.0 Å². The van der Waals surface area contributed by atoms with Crippen molar-refractivity contribution >= 4 is 39.4 Å². The minimum Gasteiger partial charge on any atom is -0.310 e. The summed E-state index contributed by atoms with van der Waals surface area (Å²) in [6.45, 7) is 0. The maximum Gasteiger partial charge on any atom is 0.0554 e. The van der Waals surface area contributed by atoms with Crippen LogP contribution in [-0.2, 0) is 0 Å². The van der Waals surface area contributed by atoms with Crippen molar-refractivity contribution in [2.75, 3.05) is 4.90 Å². The molecule has 0 aliphatic carbocycles. The average Bonchev–Trinajstić information content (AvgIpc) is 2.95. The van der Waals surface area contributed by atoms with Gasteiger partial charge in [-0.15, -0.1) is 0 Å². The lowest BCUT2D eigenvalue weighted by molar-refractivity contribution is 1.30. The molecule has 0 bridgehead atoms. The van der Waals surface area contributed by atoms with Crippen LogP contribution >= 0.6 is 11.6 Å². The lowest BCUT2D eigenvalue weighted by Gasteiger charge is -2.27. The van der Waals surface area contributed by atoms with Crippen molar-refractivity contribution in [1.82, 2.24) is 0 Å². The van der Waals surface area contributed by atoms with Gasteiger partial charge in [-0.1, -0.05) is 121 Å². The molecule has 0 amide bonds. The molecule has 0 atom stereocenters. The minimum atomic E-state index is 0.718. The Morgan fingerprint density at radius 1 is 0.417 bits per heavy atom. The predicted octanol–water partition coefficient (Wildman–Crippen LogP) is 10.3. The number of benzene rings is 6. The van der Waals surface area contributed by atoms with Crippen molar-refractivity contribution in [3.05, 3.63) is 151 Å². The van der Waals surface area contributed by atoms with Gasteiger partial charge in [0.25, 0.3) is 0 Å².